The highest BCUT2D eigenvalue weighted by atomic mass is 16.1. The SMILES string of the molecule is Cc1ccc2nc(C(C)C)n(Cc3ccccn3)c(=O)c2c1. The van der Waals surface area contributed by atoms with Crippen molar-refractivity contribution in [2.45, 2.75) is 33.2 Å². The van der Waals surface area contributed by atoms with Crippen LogP contribution in [0.4, 0.5) is 0 Å². The standard InChI is InChI=1S/C18H19N3O/c1-12(2)17-20-16-8-7-13(3)10-15(16)18(22)21(17)11-14-6-4-5-9-19-14/h4-10,12H,11H2,1-3H3. The van der Waals surface area contributed by atoms with Gasteiger partial charge in [-0.25, -0.2) is 4.98 Å². The Morgan fingerprint density at radius 1 is 1.18 bits per heavy atom. The average molecular weight is 293 g/mol. The fourth-order valence-corrected chi connectivity index (χ4v) is 2.60. The minimum absolute atomic E-state index is 0.00283. The number of benzene rings is 1. The van der Waals surface area contributed by atoms with E-state index < -0.39 is 0 Å². The van der Waals surface area contributed by atoms with Crippen LogP contribution in [0.15, 0.2) is 47.4 Å². The largest absolute Gasteiger partial charge is 0.290 e. The van der Waals surface area contributed by atoms with Crippen molar-refractivity contribution in [1.29, 1.82) is 0 Å². The second-order valence-electron chi connectivity index (χ2n) is 5.86. The zero-order valence-electron chi connectivity index (χ0n) is 13.1. The molecule has 3 aromatic rings. The first-order chi connectivity index (χ1) is 10.6. The van der Waals surface area contributed by atoms with E-state index in [2.05, 4.69) is 18.8 Å². The van der Waals surface area contributed by atoms with E-state index in [1.807, 2.05) is 43.3 Å². The summed E-state index contributed by atoms with van der Waals surface area (Å²) in [7, 11) is 0. The number of nitrogens with zero attached hydrogens (tertiary/aromatic N) is 3. The molecule has 112 valence electrons. The van der Waals surface area contributed by atoms with Gasteiger partial charge in [0.1, 0.15) is 5.82 Å². The number of hydrogen-bond acceptors (Lipinski definition) is 3. The van der Waals surface area contributed by atoms with Gasteiger partial charge in [0.25, 0.3) is 5.56 Å². The number of pyridine rings is 1. The minimum atomic E-state index is 0.00283. The molecule has 1 aromatic carbocycles. The highest BCUT2D eigenvalue weighted by Crippen LogP contribution is 2.17. The first kappa shape index (κ1) is 14.4. The lowest BCUT2D eigenvalue weighted by Crippen LogP contribution is -2.27. The molecule has 0 aliphatic heterocycles. The topological polar surface area (TPSA) is 47.8 Å². The molecule has 0 aliphatic carbocycles. The Morgan fingerprint density at radius 3 is 2.68 bits per heavy atom. The molecule has 0 saturated heterocycles. The maximum Gasteiger partial charge on any atom is 0.261 e. The number of aryl methyl sites for hydroxylation is 1. The van der Waals surface area contributed by atoms with Crippen LogP contribution in [0.5, 0.6) is 0 Å². The van der Waals surface area contributed by atoms with Crippen LogP contribution in [0.1, 0.15) is 36.8 Å². The van der Waals surface area contributed by atoms with Crippen LogP contribution in [0.3, 0.4) is 0 Å². The molecule has 0 spiro atoms. The fourth-order valence-electron chi connectivity index (χ4n) is 2.60. The van der Waals surface area contributed by atoms with Gasteiger partial charge in [0.2, 0.25) is 0 Å². The molecule has 4 heteroatoms. The van der Waals surface area contributed by atoms with Crippen molar-refractivity contribution in [3.63, 3.8) is 0 Å². The van der Waals surface area contributed by atoms with Crippen molar-refractivity contribution in [2.24, 2.45) is 0 Å². The molecule has 0 unspecified atom stereocenters. The summed E-state index contributed by atoms with van der Waals surface area (Å²) >= 11 is 0. The Kier molecular flexibility index (Phi) is 3.75. The van der Waals surface area contributed by atoms with E-state index in [4.69, 9.17) is 4.98 Å². The molecule has 2 aromatic heterocycles. The van der Waals surface area contributed by atoms with E-state index in [0.717, 1.165) is 22.6 Å². The van der Waals surface area contributed by atoms with Gasteiger partial charge >= 0.3 is 0 Å². The summed E-state index contributed by atoms with van der Waals surface area (Å²) in [5.74, 6) is 0.967. The van der Waals surface area contributed by atoms with E-state index in [-0.39, 0.29) is 11.5 Å². The lowest BCUT2D eigenvalue weighted by molar-refractivity contribution is 0.626. The van der Waals surface area contributed by atoms with Crippen LogP contribution in [0, 0.1) is 6.92 Å². The zero-order valence-corrected chi connectivity index (χ0v) is 13.1. The third-order valence-electron chi connectivity index (χ3n) is 3.70. The molecule has 0 amide bonds. The third-order valence-corrected chi connectivity index (χ3v) is 3.70. The molecule has 3 rings (SSSR count). The number of aromatic nitrogens is 3. The van der Waals surface area contributed by atoms with E-state index in [1.165, 1.54) is 0 Å². The summed E-state index contributed by atoms with van der Waals surface area (Å²) in [6, 6.07) is 11.5. The van der Waals surface area contributed by atoms with Gasteiger partial charge in [0.15, 0.2) is 0 Å². The number of hydrogen-bond donors (Lipinski definition) is 0. The summed E-state index contributed by atoms with van der Waals surface area (Å²) < 4.78 is 1.74. The van der Waals surface area contributed by atoms with E-state index >= 15 is 0 Å². The van der Waals surface area contributed by atoms with E-state index in [0.29, 0.717) is 11.9 Å². The van der Waals surface area contributed by atoms with Gasteiger partial charge in [-0.1, -0.05) is 31.5 Å². The Morgan fingerprint density at radius 2 is 2.00 bits per heavy atom. The van der Waals surface area contributed by atoms with Gasteiger partial charge in [-0.2, -0.15) is 0 Å². The van der Waals surface area contributed by atoms with Crippen LogP contribution in [-0.4, -0.2) is 14.5 Å². The maximum absolute atomic E-state index is 12.9. The van der Waals surface area contributed by atoms with Gasteiger partial charge in [-0.15, -0.1) is 0 Å². The first-order valence-corrected chi connectivity index (χ1v) is 7.47. The summed E-state index contributed by atoms with van der Waals surface area (Å²) in [6.45, 7) is 6.54. The van der Waals surface area contributed by atoms with Crippen molar-refractivity contribution in [1.82, 2.24) is 14.5 Å². The van der Waals surface area contributed by atoms with Crippen molar-refractivity contribution < 1.29 is 0 Å². The van der Waals surface area contributed by atoms with Crippen LogP contribution in [0.25, 0.3) is 10.9 Å². The van der Waals surface area contributed by atoms with Crippen molar-refractivity contribution in [3.8, 4) is 0 Å². The minimum Gasteiger partial charge on any atom is -0.290 e. The Bertz CT molecular complexity index is 867. The lowest BCUT2D eigenvalue weighted by Gasteiger charge is -2.15. The lowest BCUT2D eigenvalue weighted by atomic mass is 10.1. The average Bonchev–Trinajstić information content (AvgIpc) is 2.51. The van der Waals surface area contributed by atoms with Gasteiger partial charge in [-0.05, 0) is 31.2 Å². The summed E-state index contributed by atoms with van der Waals surface area (Å²) in [6.07, 6.45) is 1.74. The molecule has 0 saturated carbocycles. The van der Waals surface area contributed by atoms with E-state index in [1.54, 1.807) is 10.8 Å². The fraction of sp³-hybridized carbons (Fsp3) is 0.278. The molecule has 4 nitrogen and oxygen atoms in total. The zero-order chi connectivity index (χ0) is 15.7. The van der Waals surface area contributed by atoms with Crippen molar-refractivity contribution in [3.05, 3.63) is 70.0 Å². The molecule has 0 N–H and O–H groups in total. The highest BCUT2D eigenvalue weighted by Gasteiger charge is 2.14. The Balaban J connectivity index is 2.24. The van der Waals surface area contributed by atoms with Crippen molar-refractivity contribution >= 4 is 10.9 Å². The normalized spacial score (nSPS) is 11.3. The maximum atomic E-state index is 12.9. The third kappa shape index (κ3) is 2.64. The quantitative estimate of drug-likeness (QED) is 0.744. The summed E-state index contributed by atoms with van der Waals surface area (Å²) in [4.78, 5) is 21.9. The molecule has 0 radical (unpaired) electrons. The van der Waals surface area contributed by atoms with Crippen LogP contribution < -0.4 is 5.56 Å². The summed E-state index contributed by atoms with van der Waals surface area (Å²) in [5, 5.41) is 0.667. The molecule has 0 atom stereocenters. The van der Waals surface area contributed by atoms with Crippen LogP contribution in [-0.2, 0) is 6.54 Å². The second-order valence-corrected chi connectivity index (χ2v) is 5.86. The number of rotatable bonds is 3. The molecule has 0 aliphatic rings. The van der Waals surface area contributed by atoms with Crippen LogP contribution >= 0.6 is 0 Å². The van der Waals surface area contributed by atoms with E-state index in [9.17, 15) is 4.79 Å². The summed E-state index contributed by atoms with van der Waals surface area (Å²) in [5.41, 5.74) is 2.69. The van der Waals surface area contributed by atoms with Gasteiger partial charge in [-0.3, -0.25) is 14.3 Å². The van der Waals surface area contributed by atoms with Gasteiger partial charge in [0.05, 0.1) is 23.1 Å². The first-order valence-electron chi connectivity index (χ1n) is 7.47. The highest BCUT2D eigenvalue weighted by molar-refractivity contribution is 5.78. The molecule has 22 heavy (non-hydrogen) atoms. The molecular weight excluding hydrogens is 274 g/mol. The predicted molar refractivity (Wildman–Crippen MR) is 88.2 cm³/mol. The smallest absolute Gasteiger partial charge is 0.261 e. The monoisotopic (exact) mass is 293 g/mol. The molecule has 0 bridgehead atoms. The second kappa shape index (κ2) is 5.72. The predicted octanol–water partition coefficient (Wildman–Crippen LogP) is 3.27. The molecular formula is C18H19N3O. The van der Waals surface area contributed by atoms with Crippen LogP contribution in [0.2, 0.25) is 0 Å². The molecule has 2 heterocycles. The molecule has 0 fully saturated rings. The number of fused-ring (bicyclic) bond motifs is 1. The van der Waals surface area contributed by atoms with Crippen molar-refractivity contribution in [2.75, 3.05) is 0 Å². The van der Waals surface area contributed by atoms with Gasteiger partial charge < -0.3 is 0 Å². The van der Waals surface area contributed by atoms with Gasteiger partial charge in [0, 0.05) is 12.1 Å². The Hall–Kier alpha value is -2.49. The Labute approximate surface area is 129 Å².